The first-order valence-electron chi connectivity index (χ1n) is 5.79. The molecule has 84 valence electrons. The van der Waals surface area contributed by atoms with E-state index in [2.05, 4.69) is 27.7 Å². The standard InChI is InChI=1S/C12H26N2/c1-5-10(9-13)11(6-2)12(14,7-3)8-4/h5-9,13-14H2,1-4H3. The summed E-state index contributed by atoms with van der Waals surface area (Å²) in [5, 5.41) is 0. The fourth-order valence-corrected chi connectivity index (χ4v) is 2.11. The van der Waals surface area contributed by atoms with Crippen LogP contribution in [0.25, 0.3) is 0 Å². The Hall–Kier alpha value is -0.340. The van der Waals surface area contributed by atoms with Crippen LogP contribution in [-0.4, -0.2) is 12.1 Å². The lowest BCUT2D eigenvalue weighted by atomic mass is 9.80. The van der Waals surface area contributed by atoms with Gasteiger partial charge in [-0.1, -0.05) is 38.8 Å². The summed E-state index contributed by atoms with van der Waals surface area (Å²) in [5.41, 5.74) is 14.7. The topological polar surface area (TPSA) is 52.0 Å². The first-order chi connectivity index (χ1) is 6.59. The lowest BCUT2D eigenvalue weighted by Crippen LogP contribution is -2.41. The average molecular weight is 198 g/mol. The SMILES string of the molecule is CCC(CN)=C(CC)C(N)(CC)CC. The van der Waals surface area contributed by atoms with E-state index in [4.69, 9.17) is 11.5 Å². The molecule has 0 rings (SSSR count). The van der Waals surface area contributed by atoms with Gasteiger partial charge >= 0.3 is 0 Å². The zero-order chi connectivity index (χ0) is 11.2. The predicted octanol–water partition coefficient (Wildman–Crippen LogP) is 2.58. The van der Waals surface area contributed by atoms with Gasteiger partial charge in [-0.2, -0.15) is 0 Å². The summed E-state index contributed by atoms with van der Waals surface area (Å²) in [6.45, 7) is 9.29. The highest BCUT2D eigenvalue weighted by molar-refractivity contribution is 5.26. The molecule has 0 bridgehead atoms. The maximum atomic E-state index is 6.39. The van der Waals surface area contributed by atoms with Crippen LogP contribution in [0, 0.1) is 0 Å². The van der Waals surface area contributed by atoms with Crippen LogP contribution >= 0.6 is 0 Å². The van der Waals surface area contributed by atoms with Crippen molar-refractivity contribution in [1.82, 2.24) is 0 Å². The largest absolute Gasteiger partial charge is 0.327 e. The van der Waals surface area contributed by atoms with Gasteiger partial charge < -0.3 is 11.5 Å². The lowest BCUT2D eigenvalue weighted by Gasteiger charge is -2.32. The summed E-state index contributed by atoms with van der Waals surface area (Å²) in [6, 6.07) is 0. The third kappa shape index (κ3) is 2.82. The van der Waals surface area contributed by atoms with E-state index in [0.29, 0.717) is 6.54 Å². The van der Waals surface area contributed by atoms with Gasteiger partial charge in [-0.25, -0.2) is 0 Å². The van der Waals surface area contributed by atoms with Crippen molar-refractivity contribution >= 4 is 0 Å². The van der Waals surface area contributed by atoms with Crippen molar-refractivity contribution in [2.45, 2.75) is 58.9 Å². The molecule has 0 aliphatic carbocycles. The van der Waals surface area contributed by atoms with E-state index in [-0.39, 0.29) is 5.54 Å². The van der Waals surface area contributed by atoms with Gasteiger partial charge in [-0.3, -0.25) is 0 Å². The summed E-state index contributed by atoms with van der Waals surface area (Å²) in [4.78, 5) is 0. The molecule has 0 aromatic rings. The van der Waals surface area contributed by atoms with Crippen molar-refractivity contribution in [2.24, 2.45) is 11.5 Å². The molecule has 0 saturated heterocycles. The van der Waals surface area contributed by atoms with Crippen LogP contribution in [0.3, 0.4) is 0 Å². The summed E-state index contributed by atoms with van der Waals surface area (Å²) in [7, 11) is 0. The number of nitrogens with two attached hydrogens (primary N) is 2. The van der Waals surface area contributed by atoms with E-state index in [1.807, 2.05) is 0 Å². The van der Waals surface area contributed by atoms with E-state index in [9.17, 15) is 0 Å². The van der Waals surface area contributed by atoms with Gasteiger partial charge in [-0.15, -0.1) is 0 Å². The average Bonchev–Trinajstić information content (AvgIpc) is 2.24. The molecule has 0 aliphatic rings. The van der Waals surface area contributed by atoms with E-state index in [1.54, 1.807) is 0 Å². The molecule has 0 aliphatic heterocycles. The molecule has 0 aromatic heterocycles. The van der Waals surface area contributed by atoms with E-state index in [1.165, 1.54) is 11.1 Å². The zero-order valence-electron chi connectivity index (χ0n) is 10.2. The normalized spacial score (nSPS) is 14.1. The van der Waals surface area contributed by atoms with Crippen LogP contribution in [0.4, 0.5) is 0 Å². The van der Waals surface area contributed by atoms with Gasteiger partial charge in [0.05, 0.1) is 0 Å². The Balaban J connectivity index is 5.11. The van der Waals surface area contributed by atoms with Crippen LogP contribution < -0.4 is 11.5 Å². The van der Waals surface area contributed by atoms with Crippen LogP contribution in [0.15, 0.2) is 11.1 Å². The van der Waals surface area contributed by atoms with Crippen LogP contribution in [0.1, 0.15) is 53.4 Å². The highest BCUT2D eigenvalue weighted by Crippen LogP contribution is 2.28. The van der Waals surface area contributed by atoms with Crippen molar-refractivity contribution in [1.29, 1.82) is 0 Å². The van der Waals surface area contributed by atoms with Gasteiger partial charge in [-0.05, 0) is 25.7 Å². The molecule has 0 aromatic carbocycles. The first kappa shape index (κ1) is 13.7. The quantitative estimate of drug-likeness (QED) is 0.644. The molecule has 0 saturated carbocycles. The van der Waals surface area contributed by atoms with Crippen molar-refractivity contribution in [2.75, 3.05) is 6.54 Å². The summed E-state index contributed by atoms with van der Waals surface area (Å²) < 4.78 is 0. The minimum Gasteiger partial charge on any atom is -0.327 e. The second-order valence-electron chi connectivity index (χ2n) is 3.86. The fourth-order valence-electron chi connectivity index (χ4n) is 2.11. The van der Waals surface area contributed by atoms with Gasteiger partial charge in [0.2, 0.25) is 0 Å². The van der Waals surface area contributed by atoms with E-state index >= 15 is 0 Å². The molecular formula is C12H26N2. The van der Waals surface area contributed by atoms with E-state index < -0.39 is 0 Å². The third-order valence-corrected chi connectivity index (χ3v) is 3.32. The fraction of sp³-hybridized carbons (Fsp3) is 0.833. The molecule has 0 spiro atoms. The highest BCUT2D eigenvalue weighted by atomic mass is 14.7. The van der Waals surface area contributed by atoms with Gasteiger partial charge in [0.1, 0.15) is 0 Å². The molecule has 0 radical (unpaired) electrons. The van der Waals surface area contributed by atoms with Crippen molar-refractivity contribution < 1.29 is 0 Å². The predicted molar refractivity (Wildman–Crippen MR) is 64.2 cm³/mol. The maximum absolute atomic E-state index is 6.39. The molecule has 0 heterocycles. The molecule has 0 amide bonds. The Labute approximate surface area is 88.7 Å². The lowest BCUT2D eigenvalue weighted by molar-refractivity contribution is 0.447. The Morgan fingerprint density at radius 1 is 1.00 bits per heavy atom. The number of rotatable bonds is 6. The Morgan fingerprint density at radius 2 is 1.50 bits per heavy atom. The third-order valence-electron chi connectivity index (χ3n) is 3.32. The molecular weight excluding hydrogens is 172 g/mol. The van der Waals surface area contributed by atoms with Crippen LogP contribution in [0.5, 0.6) is 0 Å². The minimum atomic E-state index is -0.126. The number of hydrogen-bond acceptors (Lipinski definition) is 2. The van der Waals surface area contributed by atoms with Gasteiger partial charge in [0, 0.05) is 12.1 Å². The van der Waals surface area contributed by atoms with Crippen molar-refractivity contribution in [3.8, 4) is 0 Å². The van der Waals surface area contributed by atoms with Crippen molar-refractivity contribution in [3.63, 3.8) is 0 Å². The molecule has 0 atom stereocenters. The molecule has 4 N–H and O–H groups in total. The minimum absolute atomic E-state index is 0.126. The van der Waals surface area contributed by atoms with E-state index in [0.717, 1.165) is 25.7 Å². The molecule has 0 fully saturated rings. The van der Waals surface area contributed by atoms with Crippen LogP contribution in [0.2, 0.25) is 0 Å². The second-order valence-corrected chi connectivity index (χ2v) is 3.86. The Morgan fingerprint density at radius 3 is 1.71 bits per heavy atom. The molecule has 2 heteroatoms. The summed E-state index contributed by atoms with van der Waals surface area (Å²) in [6.07, 6.45) is 4.05. The molecule has 14 heavy (non-hydrogen) atoms. The Bertz CT molecular complexity index is 184. The highest BCUT2D eigenvalue weighted by Gasteiger charge is 2.25. The second kappa shape index (κ2) is 6.20. The summed E-state index contributed by atoms with van der Waals surface area (Å²) in [5.74, 6) is 0. The monoisotopic (exact) mass is 198 g/mol. The smallest absolute Gasteiger partial charge is 0.0366 e. The van der Waals surface area contributed by atoms with Gasteiger partial charge in [0.15, 0.2) is 0 Å². The van der Waals surface area contributed by atoms with Gasteiger partial charge in [0.25, 0.3) is 0 Å². The summed E-state index contributed by atoms with van der Waals surface area (Å²) >= 11 is 0. The van der Waals surface area contributed by atoms with Crippen LogP contribution in [-0.2, 0) is 0 Å². The maximum Gasteiger partial charge on any atom is 0.0366 e. The van der Waals surface area contributed by atoms with Crippen molar-refractivity contribution in [3.05, 3.63) is 11.1 Å². The molecule has 2 nitrogen and oxygen atoms in total. The number of hydrogen-bond donors (Lipinski definition) is 2. The first-order valence-corrected chi connectivity index (χ1v) is 5.79. The zero-order valence-corrected chi connectivity index (χ0v) is 10.2. The Kier molecular flexibility index (Phi) is 6.05. The molecule has 0 unspecified atom stereocenters.